The molecule has 0 radical (unpaired) electrons. The molecule has 0 aromatic carbocycles. The van der Waals surface area contributed by atoms with Gasteiger partial charge in [0.15, 0.2) is 0 Å². The van der Waals surface area contributed by atoms with Crippen LogP contribution < -0.4 is 11.2 Å². The summed E-state index contributed by atoms with van der Waals surface area (Å²) in [6.07, 6.45) is 0.422. The number of rotatable bonds is 3. The van der Waals surface area contributed by atoms with Gasteiger partial charge >= 0.3 is 5.69 Å². The fourth-order valence-corrected chi connectivity index (χ4v) is 1.62. The summed E-state index contributed by atoms with van der Waals surface area (Å²) in [6.45, 7) is 5.95. The Labute approximate surface area is 87.6 Å². The van der Waals surface area contributed by atoms with Gasteiger partial charge in [0.05, 0.1) is 5.56 Å². The molecule has 0 aliphatic heterocycles. The molecule has 1 heterocycles. The van der Waals surface area contributed by atoms with E-state index < -0.39 is 5.69 Å². The van der Waals surface area contributed by atoms with Crippen LogP contribution in [0.15, 0.2) is 9.59 Å². The second-order valence-corrected chi connectivity index (χ2v) is 3.23. The molecule has 5 heteroatoms. The van der Waals surface area contributed by atoms with E-state index in [-0.39, 0.29) is 11.4 Å². The monoisotopic (exact) mass is 212 g/mol. The van der Waals surface area contributed by atoms with Gasteiger partial charge in [-0.1, -0.05) is 6.92 Å². The minimum atomic E-state index is -0.445. The molecule has 0 saturated carbocycles. The molecule has 5 nitrogen and oxygen atoms in total. The molecule has 15 heavy (non-hydrogen) atoms. The van der Waals surface area contributed by atoms with Crippen molar-refractivity contribution in [2.24, 2.45) is 0 Å². The molecule has 0 saturated heterocycles. The van der Waals surface area contributed by atoms with Crippen molar-refractivity contribution < 1.29 is 5.11 Å². The Balaban J connectivity index is 3.73. The fourth-order valence-electron chi connectivity index (χ4n) is 1.62. The second kappa shape index (κ2) is 4.33. The molecule has 1 aromatic rings. The Bertz CT molecular complexity index is 432. The third-order valence-electron chi connectivity index (χ3n) is 2.48. The fraction of sp³-hybridized carbons (Fsp3) is 0.600. The zero-order valence-electron chi connectivity index (χ0n) is 9.28. The first-order valence-corrected chi connectivity index (χ1v) is 5.13. The van der Waals surface area contributed by atoms with Gasteiger partial charge in [-0.2, -0.15) is 0 Å². The number of hydrogen-bond donors (Lipinski definition) is 1. The first-order chi connectivity index (χ1) is 7.08. The average Bonchev–Trinajstić information content (AvgIpc) is 2.19. The van der Waals surface area contributed by atoms with Gasteiger partial charge in [-0.05, 0) is 20.3 Å². The lowest BCUT2D eigenvalue weighted by Crippen LogP contribution is -2.40. The van der Waals surface area contributed by atoms with E-state index in [1.807, 2.05) is 0 Å². The summed E-state index contributed by atoms with van der Waals surface area (Å²) in [5.74, 6) is -0.195. The van der Waals surface area contributed by atoms with E-state index in [9.17, 15) is 14.7 Å². The maximum Gasteiger partial charge on any atom is 0.333 e. The van der Waals surface area contributed by atoms with Crippen LogP contribution >= 0.6 is 0 Å². The van der Waals surface area contributed by atoms with Gasteiger partial charge in [-0.15, -0.1) is 0 Å². The van der Waals surface area contributed by atoms with Crippen molar-refractivity contribution in [3.8, 4) is 5.88 Å². The Morgan fingerprint density at radius 2 is 1.60 bits per heavy atom. The average molecular weight is 212 g/mol. The normalized spacial score (nSPS) is 10.6. The highest BCUT2D eigenvalue weighted by atomic mass is 16.3. The third kappa shape index (κ3) is 1.69. The Kier molecular flexibility index (Phi) is 3.34. The zero-order valence-corrected chi connectivity index (χ0v) is 9.28. The van der Waals surface area contributed by atoms with Crippen molar-refractivity contribution >= 4 is 0 Å². The van der Waals surface area contributed by atoms with Crippen LogP contribution in [0.4, 0.5) is 0 Å². The highest BCUT2D eigenvalue weighted by Crippen LogP contribution is 2.10. The van der Waals surface area contributed by atoms with E-state index in [1.165, 1.54) is 4.57 Å². The summed E-state index contributed by atoms with van der Waals surface area (Å²) in [7, 11) is 0. The van der Waals surface area contributed by atoms with Gasteiger partial charge in [-0.3, -0.25) is 13.9 Å². The van der Waals surface area contributed by atoms with Crippen molar-refractivity contribution in [1.29, 1.82) is 0 Å². The van der Waals surface area contributed by atoms with Gasteiger partial charge in [0.2, 0.25) is 5.88 Å². The Morgan fingerprint density at radius 3 is 2.00 bits per heavy atom. The summed E-state index contributed by atoms with van der Waals surface area (Å²) in [4.78, 5) is 23.4. The summed E-state index contributed by atoms with van der Waals surface area (Å²) >= 11 is 0. The van der Waals surface area contributed by atoms with Crippen molar-refractivity contribution in [1.82, 2.24) is 9.13 Å². The number of nitrogens with zero attached hydrogens (tertiary/aromatic N) is 2. The van der Waals surface area contributed by atoms with Gasteiger partial charge in [0.25, 0.3) is 5.56 Å². The number of hydrogen-bond acceptors (Lipinski definition) is 3. The first kappa shape index (κ1) is 11.6. The van der Waals surface area contributed by atoms with Gasteiger partial charge < -0.3 is 5.11 Å². The maximum absolute atomic E-state index is 11.7. The van der Waals surface area contributed by atoms with E-state index in [4.69, 9.17) is 0 Å². The van der Waals surface area contributed by atoms with E-state index in [0.717, 1.165) is 4.57 Å². The van der Waals surface area contributed by atoms with Crippen molar-refractivity contribution in [2.75, 3.05) is 0 Å². The van der Waals surface area contributed by atoms with E-state index in [1.54, 1.807) is 20.8 Å². The Hall–Kier alpha value is -1.52. The quantitative estimate of drug-likeness (QED) is 0.784. The minimum Gasteiger partial charge on any atom is -0.494 e. The van der Waals surface area contributed by atoms with Crippen molar-refractivity contribution in [2.45, 2.75) is 40.3 Å². The molecule has 0 fully saturated rings. The molecule has 1 aromatic heterocycles. The lowest BCUT2D eigenvalue weighted by molar-refractivity contribution is 0.387. The van der Waals surface area contributed by atoms with Gasteiger partial charge in [0.1, 0.15) is 0 Å². The predicted octanol–water partition coefficient (Wildman–Crippen LogP) is 0.318. The molecule has 0 bridgehead atoms. The standard InChI is InChI=1S/C10H16N2O3/c1-4-7-8(13)11(5-2)10(15)12(6-3)9(7)14/h13H,4-6H2,1-3H3. The van der Waals surface area contributed by atoms with Crippen LogP contribution in [0.3, 0.4) is 0 Å². The largest absolute Gasteiger partial charge is 0.494 e. The van der Waals surface area contributed by atoms with Gasteiger partial charge in [0, 0.05) is 13.1 Å². The molecule has 0 amide bonds. The summed E-state index contributed by atoms with van der Waals surface area (Å²) in [5, 5.41) is 9.72. The van der Waals surface area contributed by atoms with Crippen LogP contribution in [-0.2, 0) is 19.5 Å². The van der Waals surface area contributed by atoms with E-state index in [2.05, 4.69) is 0 Å². The van der Waals surface area contributed by atoms with Crippen LogP contribution in [0.5, 0.6) is 5.88 Å². The van der Waals surface area contributed by atoms with E-state index in [0.29, 0.717) is 25.1 Å². The summed E-state index contributed by atoms with van der Waals surface area (Å²) in [6, 6.07) is 0. The van der Waals surface area contributed by atoms with Crippen LogP contribution in [0.1, 0.15) is 26.3 Å². The lowest BCUT2D eigenvalue weighted by atomic mass is 10.2. The molecular weight excluding hydrogens is 196 g/mol. The van der Waals surface area contributed by atoms with Crippen LogP contribution in [-0.4, -0.2) is 14.2 Å². The molecule has 84 valence electrons. The molecule has 0 spiro atoms. The van der Waals surface area contributed by atoms with Crippen molar-refractivity contribution in [3.05, 3.63) is 26.4 Å². The highest BCUT2D eigenvalue weighted by molar-refractivity contribution is 5.23. The Morgan fingerprint density at radius 1 is 1.07 bits per heavy atom. The molecular formula is C10H16N2O3. The van der Waals surface area contributed by atoms with Crippen LogP contribution in [0.2, 0.25) is 0 Å². The van der Waals surface area contributed by atoms with Crippen molar-refractivity contribution in [3.63, 3.8) is 0 Å². The predicted molar refractivity (Wildman–Crippen MR) is 57.4 cm³/mol. The SMILES string of the molecule is CCc1c(O)n(CC)c(=O)n(CC)c1=O. The molecule has 0 atom stereocenters. The molecule has 0 aliphatic rings. The number of aromatic hydroxyl groups is 1. The molecule has 0 unspecified atom stereocenters. The van der Waals surface area contributed by atoms with Crippen LogP contribution in [0, 0.1) is 0 Å². The molecule has 0 aliphatic carbocycles. The second-order valence-electron chi connectivity index (χ2n) is 3.23. The maximum atomic E-state index is 11.7. The molecule has 1 N–H and O–H groups in total. The highest BCUT2D eigenvalue weighted by Gasteiger charge is 2.14. The summed E-state index contributed by atoms with van der Waals surface area (Å²) < 4.78 is 2.35. The molecule has 1 rings (SSSR count). The minimum absolute atomic E-state index is 0.195. The lowest BCUT2D eigenvalue weighted by Gasteiger charge is -2.12. The van der Waals surface area contributed by atoms with Gasteiger partial charge in [-0.25, -0.2) is 4.79 Å². The number of aromatic nitrogens is 2. The third-order valence-corrected chi connectivity index (χ3v) is 2.48. The summed E-state index contributed by atoms with van der Waals surface area (Å²) in [5.41, 5.74) is -0.523. The first-order valence-electron chi connectivity index (χ1n) is 5.13. The van der Waals surface area contributed by atoms with E-state index >= 15 is 0 Å². The topological polar surface area (TPSA) is 64.2 Å². The van der Waals surface area contributed by atoms with Crippen LogP contribution in [0.25, 0.3) is 0 Å². The zero-order chi connectivity index (χ0) is 11.6. The smallest absolute Gasteiger partial charge is 0.333 e.